The number of rotatable bonds is 4. The van der Waals surface area contributed by atoms with E-state index < -0.39 is 16.0 Å². The molecular formula is C11H21NO4S. The first-order valence-corrected chi connectivity index (χ1v) is 7.44. The van der Waals surface area contributed by atoms with Crippen molar-refractivity contribution in [2.45, 2.75) is 46.1 Å². The van der Waals surface area contributed by atoms with Crippen molar-refractivity contribution in [1.82, 2.24) is 4.31 Å². The minimum Gasteiger partial charge on any atom is -0.481 e. The number of aliphatic carboxylic acids is 1. The van der Waals surface area contributed by atoms with Gasteiger partial charge in [-0.1, -0.05) is 20.8 Å². The van der Waals surface area contributed by atoms with Gasteiger partial charge in [-0.2, -0.15) is 4.31 Å². The van der Waals surface area contributed by atoms with Crippen molar-refractivity contribution in [1.29, 1.82) is 0 Å². The normalized spacial score (nSPS) is 22.9. The molecule has 1 unspecified atom stereocenters. The molecule has 0 aromatic carbocycles. The van der Waals surface area contributed by atoms with E-state index in [1.165, 1.54) is 4.31 Å². The third kappa shape index (κ3) is 4.27. The van der Waals surface area contributed by atoms with E-state index >= 15 is 0 Å². The van der Waals surface area contributed by atoms with Gasteiger partial charge in [-0.05, 0) is 18.3 Å². The molecule has 0 aromatic heterocycles. The lowest BCUT2D eigenvalue weighted by molar-refractivity contribution is -0.137. The first-order valence-electron chi connectivity index (χ1n) is 5.83. The molecule has 1 rings (SSSR count). The molecule has 100 valence electrons. The quantitative estimate of drug-likeness (QED) is 0.829. The second-order valence-corrected chi connectivity index (χ2v) is 7.74. The summed E-state index contributed by atoms with van der Waals surface area (Å²) in [4.78, 5) is 10.7. The highest BCUT2D eigenvalue weighted by Crippen LogP contribution is 2.27. The van der Waals surface area contributed by atoms with Gasteiger partial charge in [0.25, 0.3) is 0 Å². The molecule has 0 spiro atoms. The van der Waals surface area contributed by atoms with Crippen LogP contribution in [0.25, 0.3) is 0 Å². The monoisotopic (exact) mass is 263 g/mol. The van der Waals surface area contributed by atoms with Gasteiger partial charge in [0.05, 0.1) is 12.2 Å². The van der Waals surface area contributed by atoms with E-state index in [1.807, 2.05) is 20.8 Å². The van der Waals surface area contributed by atoms with Gasteiger partial charge in [0, 0.05) is 12.6 Å². The maximum atomic E-state index is 12.2. The van der Waals surface area contributed by atoms with Gasteiger partial charge in [-0.3, -0.25) is 4.79 Å². The van der Waals surface area contributed by atoms with Crippen LogP contribution in [0.2, 0.25) is 0 Å². The third-order valence-corrected chi connectivity index (χ3v) is 5.13. The van der Waals surface area contributed by atoms with Crippen molar-refractivity contribution >= 4 is 16.0 Å². The predicted molar refractivity (Wildman–Crippen MR) is 65.2 cm³/mol. The van der Waals surface area contributed by atoms with Crippen molar-refractivity contribution in [2.75, 3.05) is 12.3 Å². The van der Waals surface area contributed by atoms with Crippen molar-refractivity contribution in [3.63, 3.8) is 0 Å². The molecule has 17 heavy (non-hydrogen) atoms. The Morgan fingerprint density at radius 3 is 2.47 bits per heavy atom. The summed E-state index contributed by atoms with van der Waals surface area (Å²) in [5.74, 6) is -0.872. The molecule has 0 saturated carbocycles. The van der Waals surface area contributed by atoms with Crippen LogP contribution in [-0.2, 0) is 14.8 Å². The van der Waals surface area contributed by atoms with E-state index in [9.17, 15) is 13.2 Å². The Labute approximate surface area is 103 Å². The molecule has 0 radical (unpaired) electrons. The lowest BCUT2D eigenvalue weighted by atomic mass is 10.0. The average Bonchev–Trinajstić information content (AvgIpc) is 2.46. The first kappa shape index (κ1) is 14.4. The summed E-state index contributed by atoms with van der Waals surface area (Å²) in [5, 5.41) is 8.77. The largest absolute Gasteiger partial charge is 0.481 e. The molecule has 0 aliphatic carbocycles. The predicted octanol–water partition coefficient (Wildman–Crippen LogP) is 1.30. The SMILES string of the molecule is CC(C)(C)CS(=O)(=O)N1CCCC1CC(=O)O. The van der Waals surface area contributed by atoms with Crippen LogP contribution in [0.1, 0.15) is 40.0 Å². The Bertz CT molecular complexity index is 383. The highest BCUT2D eigenvalue weighted by Gasteiger charge is 2.37. The average molecular weight is 263 g/mol. The Hall–Kier alpha value is -0.620. The molecule has 0 bridgehead atoms. The zero-order valence-electron chi connectivity index (χ0n) is 10.6. The van der Waals surface area contributed by atoms with Gasteiger partial charge in [0.1, 0.15) is 0 Å². The summed E-state index contributed by atoms with van der Waals surface area (Å²) in [6.07, 6.45) is 1.31. The van der Waals surface area contributed by atoms with E-state index in [2.05, 4.69) is 0 Å². The summed E-state index contributed by atoms with van der Waals surface area (Å²) in [5.41, 5.74) is -0.310. The summed E-state index contributed by atoms with van der Waals surface area (Å²) in [6, 6.07) is -0.361. The number of carboxylic acids is 1. The number of hydrogen-bond acceptors (Lipinski definition) is 3. The highest BCUT2D eigenvalue weighted by molar-refractivity contribution is 7.89. The number of nitrogens with zero attached hydrogens (tertiary/aromatic N) is 1. The number of carboxylic acid groups (broad SMARTS) is 1. The smallest absolute Gasteiger partial charge is 0.304 e. The topological polar surface area (TPSA) is 74.7 Å². The van der Waals surface area contributed by atoms with Gasteiger partial charge in [-0.15, -0.1) is 0 Å². The summed E-state index contributed by atoms with van der Waals surface area (Å²) in [7, 11) is -3.34. The van der Waals surface area contributed by atoms with Crippen LogP contribution >= 0.6 is 0 Å². The van der Waals surface area contributed by atoms with Gasteiger partial charge < -0.3 is 5.11 Å². The first-order chi connectivity index (χ1) is 7.62. The number of carbonyl (C=O) groups is 1. The molecule has 1 fully saturated rings. The molecule has 1 aliphatic heterocycles. The van der Waals surface area contributed by atoms with Crippen LogP contribution in [0.5, 0.6) is 0 Å². The van der Waals surface area contributed by atoms with Crippen LogP contribution in [0, 0.1) is 5.41 Å². The molecule has 1 atom stereocenters. The highest BCUT2D eigenvalue weighted by atomic mass is 32.2. The minimum absolute atomic E-state index is 0.0656. The van der Waals surface area contributed by atoms with Gasteiger partial charge in [-0.25, -0.2) is 8.42 Å². The van der Waals surface area contributed by atoms with Gasteiger partial charge >= 0.3 is 5.97 Å². The Kier molecular flexibility index (Phi) is 4.19. The number of sulfonamides is 1. The van der Waals surface area contributed by atoms with Gasteiger partial charge in [0.2, 0.25) is 10.0 Å². The molecule has 0 amide bonds. The van der Waals surface area contributed by atoms with Crippen LogP contribution in [0.3, 0.4) is 0 Å². The van der Waals surface area contributed by atoms with E-state index in [0.29, 0.717) is 13.0 Å². The van der Waals surface area contributed by atoms with Crippen LogP contribution < -0.4 is 0 Å². The fourth-order valence-electron chi connectivity index (χ4n) is 2.21. The Morgan fingerprint density at radius 2 is 2.00 bits per heavy atom. The van der Waals surface area contributed by atoms with Crippen molar-refractivity contribution in [2.24, 2.45) is 5.41 Å². The molecule has 1 aliphatic rings. The standard InChI is InChI=1S/C11H21NO4S/c1-11(2,3)8-17(15,16)12-6-4-5-9(12)7-10(13)14/h9H,4-8H2,1-3H3,(H,13,14). The summed E-state index contributed by atoms with van der Waals surface area (Å²) >= 11 is 0. The Morgan fingerprint density at radius 1 is 1.41 bits per heavy atom. The molecular weight excluding hydrogens is 242 g/mol. The van der Waals surface area contributed by atoms with Crippen molar-refractivity contribution in [3.05, 3.63) is 0 Å². The molecule has 0 aromatic rings. The second-order valence-electron chi connectivity index (χ2n) is 5.82. The molecule has 1 N–H and O–H groups in total. The molecule has 6 heteroatoms. The summed E-state index contributed by atoms with van der Waals surface area (Å²) in [6.45, 7) is 6.06. The molecule has 1 heterocycles. The fraction of sp³-hybridized carbons (Fsp3) is 0.909. The van der Waals surface area contributed by atoms with E-state index in [1.54, 1.807) is 0 Å². The summed E-state index contributed by atoms with van der Waals surface area (Å²) < 4.78 is 25.7. The van der Waals surface area contributed by atoms with Crippen molar-refractivity contribution in [3.8, 4) is 0 Å². The van der Waals surface area contributed by atoms with Crippen LogP contribution in [-0.4, -0.2) is 42.1 Å². The van der Waals surface area contributed by atoms with E-state index in [-0.39, 0.29) is 23.6 Å². The van der Waals surface area contributed by atoms with Gasteiger partial charge in [0.15, 0.2) is 0 Å². The van der Waals surface area contributed by atoms with Crippen molar-refractivity contribution < 1.29 is 18.3 Å². The van der Waals surface area contributed by atoms with Crippen LogP contribution in [0.4, 0.5) is 0 Å². The lowest BCUT2D eigenvalue weighted by Crippen LogP contribution is -2.40. The lowest BCUT2D eigenvalue weighted by Gasteiger charge is -2.27. The van der Waals surface area contributed by atoms with E-state index in [4.69, 9.17) is 5.11 Å². The zero-order valence-corrected chi connectivity index (χ0v) is 11.5. The third-order valence-electron chi connectivity index (χ3n) is 2.71. The molecule has 5 nitrogen and oxygen atoms in total. The molecule has 1 saturated heterocycles. The second kappa shape index (κ2) is 4.94. The maximum absolute atomic E-state index is 12.2. The van der Waals surface area contributed by atoms with Crippen LogP contribution in [0.15, 0.2) is 0 Å². The minimum atomic E-state index is -3.34. The fourth-order valence-corrected chi connectivity index (χ4v) is 4.51. The van der Waals surface area contributed by atoms with E-state index in [0.717, 1.165) is 6.42 Å². The number of hydrogen-bond donors (Lipinski definition) is 1. The zero-order chi connectivity index (χ0) is 13.3. The Balaban J connectivity index is 2.80. The maximum Gasteiger partial charge on any atom is 0.304 e.